The molecule has 0 spiro atoms. The summed E-state index contributed by atoms with van der Waals surface area (Å²) in [4.78, 5) is 15.3. The van der Waals surface area contributed by atoms with E-state index in [0.717, 1.165) is 37.8 Å². The number of aromatic nitrogens is 2. The molecule has 0 bridgehead atoms. The SMILES string of the molecule is COC(=O)C1CCCc2c[n+](CCc3c[nH]c4ccccc34)ccc21.[Br-]. The Morgan fingerprint density at radius 2 is 2.15 bits per heavy atom. The van der Waals surface area contributed by atoms with Gasteiger partial charge < -0.3 is 26.7 Å². The van der Waals surface area contributed by atoms with Crippen molar-refractivity contribution < 1.29 is 31.1 Å². The van der Waals surface area contributed by atoms with Crippen molar-refractivity contribution >= 4 is 16.9 Å². The Balaban J connectivity index is 0.00000196. The number of carbonyl (C=O) groups excluding carboxylic acids is 1. The highest BCUT2D eigenvalue weighted by Crippen LogP contribution is 2.31. The van der Waals surface area contributed by atoms with Crippen LogP contribution in [0.5, 0.6) is 0 Å². The van der Waals surface area contributed by atoms with Gasteiger partial charge in [-0.1, -0.05) is 18.2 Å². The number of para-hydroxylation sites is 1. The van der Waals surface area contributed by atoms with E-state index in [9.17, 15) is 4.79 Å². The summed E-state index contributed by atoms with van der Waals surface area (Å²) in [6.45, 7) is 0.929. The van der Waals surface area contributed by atoms with Crippen LogP contribution in [-0.4, -0.2) is 18.1 Å². The summed E-state index contributed by atoms with van der Waals surface area (Å²) in [6.07, 6.45) is 10.4. The standard InChI is InChI=1S/C21H23N2O2.BrH/c1-25-21(24)19-7-4-5-16-14-23(12-10-17(16)19)11-9-15-13-22-20-8-3-2-6-18(15)20;/h2-3,6,8,10,12-14,19,22H,4-5,7,9,11H2,1H3;1H/q+1;/p-1. The van der Waals surface area contributed by atoms with E-state index in [1.807, 2.05) is 0 Å². The van der Waals surface area contributed by atoms with Crippen LogP contribution < -0.4 is 21.5 Å². The van der Waals surface area contributed by atoms with Gasteiger partial charge in [-0.25, -0.2) is 4.57 Å². The Kier molecular flexibility index (Phi) is 5.77. The second-order valence-electron chi connectivity index (χ2n) is 6.74. The molecule has 1 aliphatic carbocycles. The van der Waals surface area contributed by atoms with Gasteiger partial charge in [0.15, 0.2) is 18.9 Å². The van der Waals surface area contributed by atoms with Gasteiger partial charge in [0.1, 0.15) is 0 Å². The van der Waals surface area contributed by atoms with Crippen molar-refractivity contribution in [1.82, 2.24) is 4.98 Å². The quantitative estimate of drug-likeness (QED) is 0.492. The molecule has 0 fully saturated rings. The molecule has 0 saturated carbocycles. The van der Waals surface area contributed by atoms with Crippen molar-refractivity contribution in [2.75, 3.05) is 7.11 Å². The van der Waals surface area contributed by atoms with Crippen molar-refractivity contribution in [3.8, 4) is 0 Å². The van der Waals surface area contributed by atoms with Gasteiger partial charge in [0.25, 0.3) is 0 Å². The lowest BCUT2D eigenvalue weighted by Crippen LogP contribution is -3.00. The summed E-state index contributed by atoms with van der Waals surface area (Å²) in [6, 6.07) is 10.5. The highest BCUT2D eigenvalue weighted by atomic mass is 79.9. The van der Waals surface area contributed by atoms with Gasteiger partial charge in [0.05, 0.1) is 13.0 Å². The number of hydrogen-bond donors (Lipinski definition) is 1. The number of benzene rings is 1. The lowest BCUT2D eigenvalue weighted by Gasteiger charge is -2.22. The van der Waals surface area contributed by atoms with E-state index >= 15 is 0 Å². The zero-order chi connectivity index (χ0) is 17.2. The first-order valence-corrected chi connectivity index (χ1v) is 8.91. The first-order valence-electron chi connectivity index (χ1n) is 8.91. The van der Waals surface area contributed by atoms with Crippen molar-refractivity contribution in [1.29, 1.82) is 0 Å². The Morgan fingerprint density at radius 1 is 1.31 bits per heavy atom. The lowest BCUT2D eigenvalue weighted by atomic mass is 9.84. The van der Waals surface area contributed by atoms with E-state index < -0.39 is 0 Å². The molecule has 3 aromatic rings. The van der Waals surface area contributed by atoms with Gasteiger partial charge in [0, 0.05) is 35.2 Å². The molecule has 5 heteroatoms. The van der Waals surface area contributed by atoms with E-state index in [2.05, 4.69) is 58.5 Å². The van der Waals surface area contributed by atoms with Crippen LogP contribution in [0.15, 0.2) is 48.9 Å². The largest absolute Gasteiger partial charge is 1.00 e. The molecular weight excluding hydrogens is 392 g/mol. The third kappa shape index (κ3) is 3.54. The molecule has 1 aliphatic rings. The molecule has 4 nitrogen and oxygen atoms in total. The van der Waals surface area contributed by atoms with Crippen LogP contribution in [0.3, 0.4) is 0 Å². The van der Waals surface area contributed by atoms with Crippen LogP contribution in [0, 0.1) is 0 Å². The summed E-state index contributed by atoms with van der Waals surface area (Å²) < 4.78 is 7.20. The predicted molar refractivity (Wildman–Crippen MR) is 96.3 cm³/mol. The number of rotatable bonds is 4. The number of fused-ring (bicyclic) bond motifs is 2. The fourth-order valence-corrected chi connectivity index (χ4v) is 3.92. The molecule has 0 radical (unpaired) electrons. The van der Waals surface area contributed by atoms with E-state index in [-0.39, 0.29) is 28.9 Å². The van der Waals surface area contributed by atoms with Gasteiger partial charge in [-0.3, -0.25) is 4.79 Å². The van der Waals surface area contributed by atoms with E-state index in [1.165, 1.54) is 29.1 Å². The number of H-pyrrole nitrogens is 1. The van der Waals surface area contributed by atoms with Crippen LogP contribution in [0.25, 0.3) is 10.9 Å². The maximum atomic E-state index is 12.0. The molecular formula is C21H23BrN2O2. The summed E-state index contributed by atoms with van der Waals surface area (Å²) in [5.74, 6) is -0.213. The van der Waals surface area contributed by atoms with Crippen LogP contribution in [0.2, 0.25) is 0 Å². The maximum absolute atomic E-state index is 12.0. The van der Waals surface area contributed by atoms with E-state index in [0.29, 0.717) is 0 Å². The molecule has 4 rings (SSSR count). The Hall–Kier alpha value is -2.14. The first kappa shape index (κ1) is 18.6. The Labute approximate surface area is 164 Å². The number of pyridine rings is 1. The predicted octanol–water partition coefficient (Wildman–Crippen LogP) is 0.295. The van der Waals surface area contributed by atoms with E-state index in [4.69, 9.17) is 4.74 Å². The van der Waals surface area contributed by atoms with Crippen molar-refractivity contribution in [3.05, 3.63) is 65.6 Å². The fraction of sp³-hybridized carbons (Fsp3) is 0.333. The van der Waals surface area contributed by atoms with Crippen LogP contribution >= 0.6 is 0 Å². The topological polar surface area (TPSA) is 46.0 Å². The van der Waals surface area contributed by atoms with Crippen LogP contribution in [-0.2, 0) is 28.9 Å². The molecule has 136 valence electrons. The minimum atomic E-state index is -0.113. The minimum absolute atomic E-state index is 0. The number of carbonyl (C=O) groups is 1. The van der Waals surface area contributed by atoms with Gasteiger partial charge in [-0.05, 0) is 36.5 Å². The first-order chi connectivity index (χ1) is 12.3. The lowest BCUT2D eigenvalue weighted by molar-refractivity contribution is -0.696. The molecule has 1 N–H and O–H groups in total. The zero-order valence-corrected chi connectivity index (χ0v) is 16.5. The van der Waals surface area contributed by atoms with Crippen LogP contribution in [0.4, 0.5) is 0 Å². The summed E-state index contributed by atoms with van der Waals surface area (Å²) >= 11 is 0. The van der Waals surface area contributed by atoms with Gasteiger partial charge in [-0.15, -0.1) is 0 Å². The number of aromatic amines is 1. The number of nitrogens with one attached hydrogen (secondary N) is 1. The maximum Gasteiger partial charge on any atom is 0.313 e. The molecule has 1 unspecified atom stereocenters. The molecule has 2 heterocycles. The third-order valence-corrected chi connectivity index (χ3v) is 5.25. The zero-order valence-electron chi connectivity index (χ0n) is 14.9. The number of methoxy groups -OCH3 is 1. The third-order valence-electron chi connectivity index (χ3n) is 5.25. The molecule has 1 aromatic carbocycles. The normalized spacial score (nSPS) is 16.0. The van der Waals surface area contributed by atoms with Crippen molar-refractivity contribution in [2.24, 2.45) is 0 Å². The van der Waals surface area contributed by atoms with Crippen molar-refractivity contribution in [3.63, 3.8) is 0 Å². The monoisotopic (exact) mass is 414 g/mol. The van der Waals surface area contributed by atoms with Gasteiger partial charge in [0.2, 0.25) is 0 Å². The van der Waals surface area contributed by atoms with Gasteiger partial charge in [-0.2, -0.15) is 0 Å². The van der Waals surface area contributed by atoms with Crippen molar-refractivity contribution in [2.45, 2.75) is 38.1 Å². The Bertz CT molecular complexity index is 919. The number of halogens is 1. The van der Waals surface area contributed by atoms with Crippen LogP contribution in [0.1, 0.15) is 35.4 Å². The molecule has 26 heavy (non-hydrogen) atoms. The smallest absolute Gasteiger partial charge is 0.313 e. The molecule has 0 saturated heterocycles. The molecule has 2 aromatic heterocycles. The number of hydrogen-bond acceptors (Lipinski definition) is 2. The molecule has 1 atom stereocenters. The molecule has 0 amide bonds. The Morgan fingerprint density at radius 3 is 3.00 bits per heavy atom. The highest BCUT2D eigenvalue weighted by molar-refractivity contribution is 5.83. The second kappa shape index (κ2) is 8.04. The summed E-state index contributed by atoms with van der Waals surface area (Å²) in [5.41, 5.74) is 4.95. The highest BCUT2D eigenvalue weighted by Gasteiger charge is 2.28. The number of nitrogens with zero attached hydrogens (tertiary/aromatic N) is 1. The van der Waals surface area contributed by atoms with E-state index in [1.54, 1.807) is 0 Å². The summed E-state index contributed by atoms with van der Waals surface area (Å²) in [5, 5.41) is 1.30. The summed E-state index contributed by atoms with van der Waals surface area (Å²) in [7, 11) is 1.47. The second-order valence-corrected chi connectivity index (χ2v) is 6.74. The number of esters is 1. The van der Waals surface area contributed by atoms with Gasteiger partial charge >= 0.3 is 5.97 Å². The minimum Gasteiger partial charge on any atom is -1.00 e. The fourth-order valence-electron chi connectivity index (χ4n) is 3.92. The molecule has 0 aliphatic heterocycles. The average Bonchev–Trinajstić information content (AvgIpc) is 3.08. The average molecular weight is 415 g/mol. The number of ether oxygens (including phenoxy) is 1. The number of aryl methyl sites for hydroxylation is 3.